The van der Waals surface area contributed by atoms with Crippen LogP contribution in [0.4, 0.5) is 0 Å². The Morgan fingerprint density at radius 2 is 1.57 bits per heavy atom. The van der Waals surface area contributed by atoms with Crippen LogP contribution < -0.4 is 9.47 Å². The van der Waals surface area contributed by atoms with Gasteiger partial charge in [0.25, 0.3) is 0 Å². The zero-order chi connectivity index (χ0) is 19.8. The fourth-order valence-electron chi connectivity index (χ4n) is 3.04. The summed E-state index contributed by atoms with van der Waals surface area (Å²) in [5, 5.41) is 9.53. The summed E-state index contributed by atoms with van der Waals surface area (Å²) in [7, 11) is 0. The van der Waals surface area contributed by atoms with Gasteiger partial charge in [0.2, 0.25) is 0 Å². The van der Waals surface area contributed by atoms with Crippen LogP contribution in [0, 0.1) is 0 Å². The molecule has 2 aromatic rings. The second-order valence-corrected chi connectivity index (χ2v) is 8.12. The molecule has 0 aromatic heterocycles. The van der Waals surface area contributed by atoms with Gasteiger partial charge in [0, 0.05) is 11.5 Å². The van der Waals surface area contributed by atoms with Gasteiger partial charge in [-0.1, -0.05) is 30.3 Å². The van der Waals surface area contributed by atoms with Gasteiger partial charge in [-0.15, -0.1) is 11.8 Å². The lowest BCUT2D eigenvalue weighted by molar-refractivity contribution is 0.111. The minimum Gasteiger partial charge on any atom is -0.491 e. The molecule has 0 saturated carbocycles. The number of aliphatic hydroxyl groups excluding tert-OH is 1. The summed E-state index contributed by atoms with van der Waals surface area (Å²) in [6.07, 6.45) is 4.93. The van der Waals surface area contributed by atoms with Gasteiger partial charge in [-0.25, -0.2) is 0 Å². The van der Waals surface area contributed by atoms with E-state index in [1.807, 2.05) is 12.1 Å². The highest BCUT2D eigenvalue weighted by atomic mass is 32.2. The van der Waals surface area contributed by atoms with Gasteiger partial charge in [-0.05, 0) is 37.1 Å². The van der Waals surface area contributed by atoms with E-state index in [0.717, 1.165) is 23.9 Å². The normalized spacial score (nSPS) is 18.4. The largest absolute Gasteiger partial charge is 0.491 e. The van der Waals surface area contributed by atoms with Crippen LogP contribution in [0.3, 0.4) is 0 Å². The van der Waals surface area contributed by atoms with Crippen molar-refractivity contribution in [3.63, 3.8) is 0 Å². The molecule has 1 atom stereocenters. The maximum Gasteiger partial charge on any atom is 0.153 e. The molecule has 5 nitrogen and oxygen atoms in total. The van der Waals surface area contributed by atoms with E-state index in [4.69, 9.17) is 9.47 Å². The number of aldehydes is 2. The molecule has 0 aliphatic carbocycles. The SMILES string of the molecule is O=Cc1ccccc1OCC1=CCC(CCO)(COc2ccccc2C=O)S1. The molecule has 1 heterocycles. The molecule has 0 spiro atoms. The van der Waals surface area contributed by atoms with E-state index in [-0.39, 0.29) is 11.4 Å². The summed E-state index contributed by atoms with van der Waals surface area (Å²) in [4.78, 5) is 23.3. The van der Waals surface area contributed by atoms with E-state index in [9.17, 15) is 14.7 Å². The summed E-state index contributed by atoms with van der Waals surface area (Å²) in [6.45, 7) is 0.767. The standard InChI is InChI=1S/C22H22O5S/c23-12-11-22(16-27-21-8-4-2-6-18(21)14-25)10-9-19(28-22)15-26-20-7-3-1-5-17(20)13-24/h1-9,13-14,23H,10-12,15-16H2. The molecule has 0 saturated heterocycles. The average Bonchev–Trinajstić information content (AvgIpc) is 3.14. The molecule has 1 unspecified atom stereocenters. The Bertz CT molecular complexity index is 864. The molecule has 0 radical (unpaired) electrons. The second kappa shape index (κ2) is 9.57. The number of carbonyl (C=O) groups excluding carboxylic acids is 2. The van der Waals surface area contributed by atoms with E-state index >= 15 is 0 Å². The monoisotopic (exact) mass is 398 g/mol. The number of hydrogen-bond donors (Lipinski definition) is 1. The van der Waals surface area contributed by atoms with Gasteiger partial charge in [0.05, 0.1) is 15.9 Å². The third kappa shape index (κ3) is 4.82. The third-order valence-corrected chi connectivity index (χ3v) is 6.04. The molecular formula is C22H22O5S. The molecule has 3 rings (SSSR count). The first-order chi connectivity index (χ1) is 13.7. The highest BCUT2D eigenvalue weighted by Crippen LogP contribution is 2.45. The van der Waals surface area contributed by atoms with Crippen molar-refractivity contribution >= 4 is 24.3 Å². The van der Waals surface area contributed by atoms with Crippen molar-refractivity contribution in [1.29, 1.82) is 0 Å². The molecule has 28 heavy (non-hydrogen) atoms. The Kier molecular flexibility index (Phi) is 6.90. The summed E-state index contributed by atoms with van der Waals surface area (Å²) in [5.74, 6) is 1.09. The Morgan fingerprint density at radius 1 is 0.964 bits per heavy atom. The van der Waals surface area contributed by atoms with Crippen molar-refractivity contribution in [3.05, 3.63) is 70.6 Å². The zero-order valence-electron chi connectivity index (χ0n) is 15.4. The van der Waals surface area contributed by atoms with Crippen LogP contribution in [0.5, 0.6) is 11.5 Å². The van der Waals surface area contributed by atoms with Crippen molar-refractivity contribution in [2.45, 2.75) is 17.6 Å². The third-order valence-electron chi connectivity index (χ3n) is 4.57. The minimum absolute atomic E-state index is 0.0433. The van der Waals surface area contributed by atoms with Crippen molar-refractivity contribution in [2.75, 3.05) is 19.8 Å². The highest BCUT2D eigenvalue weighted by molar-refractivity contribution is 8.04. The van der Waals surface area contributed by atoms with Crippen LogP contribution >= 0.6 is 11.8 Å². The first-order valence-corrected chi connectivity index (χ1v) is 9.84. The zero-order valence-corrected chi connectivity index (χ0v) is 16.2. The number of hydrogen-bond acceptors (Lipinski definition) is 6. The first-order valence-electron chi connectivity index (χ1n) is 9.02. The van der Waals surface area contributed by atoms with Gasteiger partial charge < -0.3 is 14.6 Å². The molecule has 2 aromatic carbocycles. The Hall–Kier alpha value is -2.57. The number of rotatable bonds is 10. The molecular weight excluding hydrogens is 376 g/mol. The topological polar surface area (TPSA) is 72.8 Å². The van der Waals surface area contributed by atoms with Crippen LogP contribution in [0.25, 0.3) is 0 Å². The number of allylic oxidation sites excluding steroid dienone is 1. The number of aliphatic hydroxyl groups is 1. The summed E-state index contributed by atoms with van der Waals surface area (Å²) < 4.78 is 11.4. The maximum absolute atomic E-state index is 11.2. The van der Waals surface area contributed by atoms with E-state index in [2.05, 4.69) is 6.08 Å². The molecule has 0 amide bonds. The van der Waals surface area contributed by atoms with E-state index in [1.54, 1.807) is 48.2 Å². The predicted octanol–water partition coefficient (Wildman–Crippen LogP) is 3.91. The summed E-state index contributed by atoms with van der Waals surface area (Å²) in [5.41, 5.74) is 1.02. The van der Waals surface area contributed by atoms with Gasteiger partial charge in [0.15, 0.2) is 12.6 Å². The molecule has 1 N–H and O–H groups in total. The van der Waals surface area contributed by atoms with Gasteiger partial charge in [-0.2, -0.15) is 0 Å². The fraction of sp³-hybridized carbons (Fsp3) is 0.273. The number of carbonyl (C=O) groups is 2. The maximum atomic E-state index is 11.2. The second-order valence-electron chi connectivity index (χ2n) is 6.52. The van der Waals surface area contributed by atoms with Crippen LogP contribution in [0.2, 0.25) is 0 Å². The lowest BCUT2D eigenvalue weighted by Crippen LogP contribution is -2.31. The number of para-hydroxylation sites is 2. The van der Waals surface area contributed by atoms with Crippen LogP contribution in [-0.4, -0.2) is 42.2 Å². The minimum atomic E-state index is -0.312. The van der Waals surface area contributed by atoms with E-state index < -0.39 is 0 Å². The summed E-state index contributed by atoms with van der Waals surface area (Å²) in [6, 6.07) is 14.2. The smallest absolute Gasteiger partial charge is 0.153 e. The lowest BCUT2D eigenvalue weighted by Gasteiger charge is -2.28. The molecule has 0 fully saturated rings. The molecule has 6 heteroatoms. The number of benzene rings is 2. The van der Waals surface area contributed by atoms with Crippen molar-refractivity contribution in [2.24, 2.45) is 0 Å². The van der Waals surface area contributed by atoms with Crippen molar-refractivity contribution in [3.8, 4) is 11.5 Å². The fourth-order valence-corrected chi connectivity index (χ4v) is 4.36. The van der Waals surface area contributed by atoms with Gasteiger partial charge in [-0.3, -0.25) is 9.59 Å². The van der Waals surface area contributed by atoms with Crippen LogP contribution in [0.15, 0.2) is 59.5 Å². The Morgan fingerprint density at radius 3 is 2.18 bits per heavy atom. The molecule has 1 aliphatic heterocycles. The Labute approximate surface area is 168 Å². The number of thioether (sulfide) groups is 1. The molecule has 146 valence electrons. The van der Waals surface area contributed by atoms with Gasteiger partial charge in [0.1, 0.15) is 24.7 Å². The van der Waals surface area contributed by atoms with Crippen LogP contribution in [-0.2, 0) is 0 Å². The molecule has 1 aliphatic rings. The summed E-state index contributed by atoms with van der Waals surface area (Å²) >= 11 is 1.62. The Balaban J connectivity index is 1.62. The predicted molar refractivity (Wildman–Crippen MR) is 109 cm³/mol. The number of ether oxygens (including phenoxy) is 2. The quantitative estimate of drug-likeness (QED) is 0.612. The lowest BCUT2D eigenvalue weighted by atomic mass is 10.0. The molecule has 0 bridgehead atoms. The van der Waals surface area contributed by atoms with E-state index in [0.29, 0.717) is 42.3 Å². The van der Waals surface area contributed by atoms with Crippen LogP contribution in [0.1, 0.15) is 33.6 Å². The van der Waals surface area contributed by atoms with Gasteiger partial charge >= 0.3 is 0 Å². The van der Waals surface area contributed by atoms with Crippen molar-refractivity contribution < 1.29 is 24.2 Å². The average molecular weight is 398 g/mol. The van der Waals surface area contributed by atoms with E-state index in [1.165, 1.54) is 0 Å². The first kappa shape index (κ1) is 20.2. The highest BCUT2D eigenvalue weighted by Gasteiger charge is 2.36. The van der Waals surface area contributed by atoms with Crippen molar-refractivity contribution in [1.82, 2.24) is 0 Å².